The minimum atomic E-state index is 0.129. The molecular formula is C15H24N2O2. The van der Waals surface area contributed by atoms with Gasteiger partial charge >= 0.3 is 0 Å². The maximum absolute atomic E-state index is 12.1. The zero-order valence-electron chi connectivity index (χ0n) is 11.9. The van der Waals surface area contributed by atoms with Crippen molar-refractivity contribution < 1.29 is 9.53 Å². The van der Waals surface area contributed by atoms with Gasteiger partial charge < -0.3 is 10.5 Å². The summed E-state index contributed by atoms with van der Waals surface area (Å²) in [6.07, 6.45) is 6.74. The topological polar surface area (TPSA) is 65.2 Å². The SMILES string of the molecule is CCOc1cncc(C(=O)CCC(CC)CCN)c1. The van der Waals surface area contributed by atoms with Crippen LogP contribution in [0.4, 0.5) is 0 Å². The van der Waals surface area contributed by atoms with Crippen LogP contribution in [0.15, 0.2) is 18.5 Å². The number of ketones is 1. The van der Waals surface area contributed by atoms with Crippen LogP contribution in [0, 0.1) is 5.92 Å². The molecule has 1 unspecified atom stereocenters. The number of aromatic nitrogens is 1. The highest BCUT2D eigenvalue weighted by Gasteiger charge is 2.11. The zero-order valence-corrected chi connectivity index (χ0v) is 11.9. The number of hydrogen-bond donors (Lipinski definition) is 1. The standard InChI is InChI=1S/C15H24N2O2/c1-3-12(7-8-16)5-6-15(18)13-9-14(19-4-2)11-17-10-13/h9-12H,3-8,16H2,1-2H3. The molecule has 0 fully saturated rings. The van der Waals surface area contributed by atoms with E-state index in [1.54, 1.807) is 18.5 Å². The molecule has 4 nitrogen and oxygen atoms in total. The van der Waals surface area contributed by atoms with Gasteiger partial charge in [-0.15, -0.1) is 0 Å². The third kappa shape index (κ3) is 5.39. The largest absolute Gasteiger partial charge is 0.492 e. The number of nitrogens with zero attached hydrogens (tertiary/aromatic N) is 1. The van der Waals surface area contributed by atoms with Gasteiger partial charge in [-0.1, -0.05) is 13.3 Å². The number of carbonyl (C=O) groups excluding carboxylic acids is 1. The maximum Gasteiger partial charge on any atom is 0.164 e. The van der Waals surface area contributed by atoms with Crippen LogP contribution in [0.3, 0.4) is 0 Å². The van der Waals surface area contributed by atoms with Crippen LogP contribution >= 0.6 is 0 Å². The summed E-state index contributed by atoms with van der Waals surface area (Å²) in [5.41, 5.74) is 6.20. The molecule has 0 saturated heterocycles. The molecule has 0 aliphatic heterocycles. The van der Waals surface area contributed by atoms with E-state index in [0.29, 0.717) is 36.8 Å². The quantitative estimate of drug-likeness (QED) is 0.696. The van der Waals surface area contributed by atoms with Crippen LogP contribution in [0.5, 0.6) is 5.75 Å². The van der Waals surface area contributed by atoms with Crippen molar-refractivity contribution in [3.63, 3.8) is 0 Å². The summed E-state index contributed by atoms with van der Waals surface area (Å²) in [5, 5.41) is 0. The fraction of sp³-hybridized carbons (Fsp3) is 0.600. The first-order valence-electron chi connectivity index (χ1n) is 7.02. The molecule has 1 heterocycles. The first kappa shape index (κ1) is 15.6. The lowest BCUT2D eigenvalue weighted by Gasteiger charge is -2.12. The molecular weight excluding hydrogens is 240 g/mol. The molecule has 1 rings (SSSR count). The molecule has 19 heavy (non-hydrogen) atoms. The first-order chi connectivity index (χ1) is 9.21. The number of nitrogens with two attached hydrogens (primary N) is 1. The van der Waals surface area contributed by atoms with Crippen molar-refractivity contribution in [2.75, 3.05) is 13.2 Å². The van der Waals surface area contributed by atoms with E-state index in [1.165, 1.54) is 0 Å². The summed E-state index contributed by atoms with van der Waals surface area (Å²) < 4.78 is 5.35. The average molecular weight is 264 g/mol. The van der Waals surface area contributed by atoms with Gasteiger partial charge in [0.15, 0.2) is 5.78 Å². The summed E-state index contributed by atoms with van der Waals surface area (Å²) in [7, 11) is 0. The minimum absolute atomic E-state index is 0.129. The summed E-state index contributed by atoms with van der Waals surface area (Å²) in [5.74, 6) is 1.32. The lowest BCUT2D eigenvalue weighted by atomic mass is 9.94. The van der Waals surface area contributed by atoms with Gasteiger partial charge in [-0.25, -0.2) is 0 Å². The van der Waals surface area contributed by atoms with Crippen molar-refractivity contribution in [1.82, 2.24) is 4.98 Å². The van der Waals surface area contributed by atoms with E-state index in [9.17, 15) is 4.79 Å². The Hall–Kier alpha value is -1.42. The molecule has 0 aliphatic carbocycles. The number of hydrogen-bond acceptors (Lipinski definition) is 4. The Bertz CT molecular complexity index is 393. The number of pyridine rings is 1. The van der Waals surface area contributed by atoms with Crippen LogP contribution in [0.1, 0.15) is 49.9 Å². The number of ether oxygens (including phenoxy) is 1. The predicted molar refractivity (Wildman–Crippen MR) is 76.4 cm³/mol. The zero-order chi connectivity index (χ0) is 14.1. The molecule has 1 aromatic rings. The Labute approximate surface area is 115 Å². The molecule has 4 heteroatoms. The molecule has 0 aromatic carbocycles. The summed E-state index contributed by atoms with van der Waals surface area (Å²) >= 11 is 0. The van der Waals surface area contributed by atoms with Gasteiger partial charge in [-0.3, -0.25) is 9.78 Å². The second kappa shape index (κ2) is 8.64. The number of rotatable bonds is 9. The highest BCUT2D eigenvalue weighted by molar-refractivity contribution is 5.96. The lowest BCUT2D eigenvalue weighted by Crippen LogP contribution is -2.10. The van der Waals surface area contributed by atoms with Gasteiger partial charge in [-0.05, 0) is 38.3 Å². The van der Waals surface area contributed by atoms with Crippen molar-refractivity contribution in [1.29, 1.82) is 0 Å². The Kier molecular flexibility index (Phi) is 7.11. The molecule has 1 aromatic heterocycles. The van der Waals surface area contributed by atoms with Crippen LogP contribution in [-0.2, 0) is 0 Å². The van der Waals surface area contributed by atoms with E-state index in [0.717, 1.165) is 19.3 Å². The maximum atomic E-state index is 12.1. The second-order valence-electron chi connectivity index (χ2n) is 4.66. The summed E-state index contributed by atoms with van der Waals surface area (Å²) in [4.78, 5) is 16.1. The molecule has 0 bridgehead atoms. The molecule has 106 valence electrons. The van der Waals surface area contributed by atoms with Gasteiger partial charge in [0.1, 0.15) is 5.75 Å². The van der Waals surface area contributed by atoms with Gasteiger partial charge in [0.2, 0.25) is 0 Å². The molecule has 0 amide bonds. The van der Waals surface area contributed by atoms with Crippen LogP contribution in [-0.4, -0.2) is 23.9 Å². The Morgan fingerprint density at radius 2 is 2.16 bits per heavy atom. The third-order valence-corrected chi connectivity index (χ3v) is 3.28. The third-order valence-electron chi connectivity index (χ3n) is 3.28. The second-order valence-corrected chi connectivity index (χ2v) is 4.66. The number of carbonyl (C=O) groups is 1. The van der Waals surface area contributed by atoms with E-state index in [2.05, 4.69) is 11.9 Å². The van der Waals surface area contributed by atoms with Crippen molar-refractivity contribution in [2.24, 2.45) is 11.7 Å². The Morgan fingerprint density at radius 3 is 2.79 bits per heavy atom. The first-order valence-corrected chi connectivity index (χ1v) is 7.02. The molecule has 2 N–H and O–H groups in total. The van der Waals surface area contributed by atoms with Gasteiger partial charge in [-0.2, -0.15) is 0 Å². The average Bonchev–Trinajstić information content (AvgIpc) is 2.43. The minimum Gasteiger partial charge on any atom is -0.492 e. The molecule has 1 atom stereocenters. The van der Waals surface area contributed by atoms with Crippen LogP contribution < -0.4 is 10.5 Å². The van der Waals surface area contributed by atoms with Crippen molar-refractivity contribution >= 4 is 5.78 Å². The Morgan fingerprint density at radius 1 is 1.37 bits per heavy atom. The highest BCUT2D eigenvalue weighted by atomic mass is 16.5. The molecule has 0 radical (unpaired) electrons. The number of Topliss-reactive ketones (excluding diaryl/α,β-unsaturated/α-hetero) is 1. The monoisotopic (exact) mass is 264 g/mol. The van der Waals surface area contributed by atoms with Crippen molar-refractivity contribution in [2.45, 2.75) is 39.5 Å². The molecule has 0 spiro atoms. The lowest BCUT2D eigenvalue weighted by molar-refractivity contribution is 0.0972. The van der Waals surface area contributed by atoms with E-state index in [1.807, 2.05) is 6.92 Å². The van der Waals surface area contributed by atoms with Crippen molar-refractivity contribution in [3.8, 4) is 5.75 Å². The fourth-order valence-electron chi connectivity index (χ4n) is 2.08. The Balaban J connectivity index is 2.55. The summed E-state index contributed by atoms with van der Waals surface area (Å²) in [6.45, 7) is 5.32. The molecule has 0 aliphatic rings. The predicted octanol–water partition coefficient (Wildman–Crippen LogP) is 2.82. The van der Waals surface area contributed by atoms with E-state index in [-0.39, 0.29) is 5.78 Å². The molecule has 0 saturated carbocycles. The van der Waals surface area contributed by atoms with E-state index >= 15 is 0 Å². The van der Waals surface area contributed by atoms with Gasteiger partial charge in [0.05, 0.1) is 12.8 Å². The van der Waals surface area contributed by atoms with Gasteiger partial charge in [0.25, 0.3) is 0 Å². The van der Waals surface area contributed by atoms with Gasteiger partial charge in [0, 0.05) is 18.2 Å². The van der Waals surface area contributed by atoms with Crippen LogP contribution in [0.2, 0.25) is 0 Å². The van der Waals surface area contributed by atoms with E-state index in [4.69, 9.17) is 10.5 Å². The van der Waals surface area contributed by atoms with Crippen LogP contribution in [0.25, 0.3) is 0 Å². The summed E-state index contributed by atoms with van der Waals surface area (Å²) in [6, 6.07) is 1.77. The smallest absolute Gasteiger partial charge is 0.164 e. The fourth-order valence-corrected chi connectivity index (χ4v) is 2.08. The normalized spacial score (nSPS) is 12.2. The highest BCUT2D eigenvalue weighted by Crippen LogP contribution is 2.18. The van der Waals surface area contributed by atoms with E-state index < -0.39 is 0 Å². The van der Waals surface area contributed by atoms with Crippen molar-refractivity contribution in [3.05, 3.63) is 24.0 Å².